The highest BCUT2D eigenvalue weighted by Gasteiger charge is 2.27. The van der Waals surface area contributed by atoms with Crippen LogP contribution in [0.2, 0.25) is 0 Å². The van der Waals surface area contributed by atoms with Gasteiger partial charge in [-0.3, -0.25) is 14.3 Å². The Morgan fingerprint density at radius 3 is 2.79 bits per heavy atom. The molecule has 0 bridgehead atoms. The number of carbonyl (C=O) groups is 1. The smallest absolute Gasteiger partial charge is 0.346 e. The summed E-state index contributed by atoms with van der Waals surface area (Å²) in [5.74, 6) is 1.32. The first-order valence-corrected chi connectivity index (χ1v) is 8.85. The third kappa shape index (κ3) is 3.46. The number of hydrogen-bond acceptors (Lipinski definition) is 6. The normalized spacial score (nSPS) is 15.2. The highest BCUT2D eigenvalue weighted by atomic mass is 16.6. The van der Waals surface area contributed by atoms with Crippen molar-refractivity contribution >= 4 is 5.91 Å². The van der Waals surface area contributed by atoms with Crippen LogP contribution >= 0.6 is 0 Å². The molecule has 0 saturated carbocycles. The van der Waals surface area contributed by atoms with Gasteiger partial charge < -0.3 is 14.8 Å². The van der Waals surface area contributed by atoms with Crippen molar-refractivity contribution in [3.05, 3.63) is 59.1 Å². The van der Waals surface area contributed by atoms with Crippen LogP contribution in [0.3, 0.4) is 0 Å². The number of ether oxygens (including phenoxy) is 2. The summed E-state index contributed by atoms with van der Waals surface area (Å²) in [6, 6.07) is 12.6. The molecule has 9 nitrogen and oxygen atoms in total. The Hall–Kier alpha value is -3.62. The lowest BCUT2D eigenvalue weighted by molar-refractivity contribution is -0.130. The third-order valence-electron chi connectivity index (χ3n) is 4.36. The molecule has 3 aromatic rings. The number of para-hydroxylation sites is 2. The van der Waals surface area contributed by atoms with Gasteiger partial charge in [-0.15, -0.1) is 5.10 Å². The van der Waals surface area contributed by atoms with Gasteiger partial charge in [-0.1, -0.05) is 18.2 Å². The summed E-state index contributed by atoms with van der Waals surface area (Å²) in [5, 5.41) is 7.07. The Morgan fingerprint density at radius 1 is 1.21 bits per heavy atom. The first kappa shape index (κ1) is 17.8. The van der Waals surface area contributed by atoms with Crippen molar-refractivity contribution in [1.82, 2.24) is 24.6 Å². The number of benzene rings is 1. The molecule has 2 aromatic heterocycles. The maximum atomic E-state index is 12.4. The summed E-state index contributed by atoms with van der Waals surface area (Å²) >= 11 is 0. The number of hydrogen-bond donors (Lipinski definition) is 1. The molecule has 144 valence electrons. The summed E-state index contributed by atoms with van der Waals surface area (Å²) in [6.45, 7) is 0.602. The Kier molecular flexibility index (Phi) is 4.79. The number of nitrogens with one attached hydrogen (secondary N) is 1. The molecule has 0 saturated heterocycles. The zero-order valence-corrected chi connectivity index (χ0v) is 15.2. The number of fused-ring (bicyclic) bond motifs is 1. The zero-order valence-electron chi connectivity index (χ0n) is 15.2. The third-order valence-corrected chi connectivity index (χ3v) is 4.36. The molecule has 3 heterocycles. The van der Waals surface area contributed by atoms with Gasteiger partial charge in [0.15, 0.2) is 17.3 Å². The summed E-state index contributed by atoms with van der Waals surface area (Å²) in [4.78, 5) is 28.9. The van der Waals surface area contributed by atoms with Gasteiger partial charge >= 0.3 is 5.69 Å². The zero-order chi connectivity index (χ0) is 19.5. The van der Waals surface area contributed by atoms with Gasteiger partial charge in [0.25, 0.3) is 5.91 Å². The second-order valence-electron chi connectivity index (χ2n) is 6.26. The van der Waals surface area contributed by atoms with Gasteiger partial charge in [-0.25, -0.2) is 9.48 Å². The molecule has 9 heteroatoms. The predicted octanol–water partition coefficient (Wildman–Crippen LogP) is 0.600. The summed E-state index contributed by atoms with van der Waals surface area (Å²) < 4.78 is 13.9. The molecule has 0 fully saturated rings. The fourth-order valence-electron chi connectivity index (χ4n) is 2.90. The van der Waals surface area contributed by atoms with Crippen LogP contribution in [-0.2, 0) is 18.4 Å². The molecule has 4 rings (SSSR count). The minimum Gasteiger partial charge on any atom is -0.485 e. The highest BCUT2D eigenvalue weighted by Crippen LogP contribution is 2.30. The quantitative estimate of drug-likeness (QED) is 0.695. The van der Waals surface area contributed by atoms with E-state index in [0.29, 0.717) is 23.0 Å². The van der Waals surface area contributed by atoms with Gasteiger partial charge in [-0.2, -0.15) is 0 Å². The lowest BCUT2D eigenvalue weighted by atomic mass is 10.2. The summed E-state index contributed by atoms with van der Waals surface area (Å²) in [7, 11) is 1.64. The number of carbonyl (C=O) groups excluding carboxylic acids is 1. The van der Waals surface area contributed by atoms with E-state index in [0.717, 1.165) is 0 Å². The van der Waals surface area contributed by atoms with Gasteiger partial charge in [0.1, 0.15) is 12.3 Å². The highest BCUT2D eigenvalue weighted by molar-refractivity contribution is 5.81. The van der Waals surface area contributed by atoms with Crippen molar-refractivity contribution in [2.45, 2.75) is 12.6 Å². The minimum atomic E-state index is -0.737. The van der Waals surface area contributed by atoms with Crippen LogP contribution in [0, 0.1) is 0 Å². The second-order valence-corrected chi connectivity index (χ2v) is 6.26. The van der Waals surface area contributed by atoms with Crippen molar-refractivity contribution in [1.29, 1.82) is 0 Å². The Bertz CT molecular complexity index is 1040. The van der Waals surface area contributed by atoms with E-state index in [-0.39, 0.29) is 31.3 Å². The van der Waals surface area contributed by atoms with Gasteiger partial charge in [0.2, 0.25) is 6.10 Å². The molecular weight excluding hydrogens is 362 g/mol. The molecule has 0 unspecified atom stereocenters. The maximum Gasteiger partial charge on any atom is 0.346 e. The van der Waals surface area contributed by atoms with Crippen LogP contribution < -0.4 is 20.5 Å². The fraction of sp³-hybridized carbons (Fsp3) is 0.263. The number of pyridine rings is 1. The van der Waals surface area contributed by atoms with E-state index in [9.17, 15) is 9.59 Å². The van der Waals surface area contributed by atoms with Crippen LogP contribution in [0.4, 0.5) is 0 Å². The standard InChI is InChI=1S/C19H19N5O4/c1-23-17(13-6-4-5-9-20-13)22-24(19(23)26)11-10-21-18(25)16-12-27-14-7-2-3-8-15(14)28-16/h2-9,16H,10-12H2,1H3,(H,21,25)/t16-/m1/s1. The SMILES string of the molecule is Cn1c(-c2ccccn2)nn(CCNC(=O)[C@H]2COc3ccccc3O2)c1=O. The number of nitrogens with zero attached hydrogens (tertiary/aromatic N) is 4. The van der Waals surface area contributed by atoms with Crippen LogP contribution in [0.25, 0.3) is 11.5 Å². The van der Waals surface area contributed by atoms with Crippen molar-refractivity contribution in [3.63, 3.8) is 0 Å². The van der Waals surface area contributed by atoms with E-state index in [1.807, 2.05) is 18.2 Å². The molecule has 1 aliphatic heterocycles. The molecule has 1 aliphatic rings. The Balaban J connectivity index is 1.37. The van der Waals surface area contributed by atoms with Crippen LogP contribution in [0.5, 0.6) is 11.5 Å². The first-order valence-electron chi connectivity index (χ1n) is 8.85. The van der Waals surface area contributed by atoms with Crippen LogP contribution in [0.1, 0.15) is 0 Å². The van der Waals surface area contributed by atoms with E-state index in [4.69, 9.17) is 9.47 Å². The molecule has 0 aliphatic carbocycles. The van der Waals surface area contributed by atoms with Crippen molar-refractivity contribution in [3.8, 4) is 23.0 Å². The average molecular weight is 381 g/mol. The molecule has 1 amide bonds. The molecule has 1 aromatic carbocycles. The van der Waals surface area contributed by atoms with E-state index >= 15 is 0 Å². The first-order chi connectivity index (χ1) is 13.6. The minimum absolute atomic E-state index is 0.135. The molecule has 28 heavy (non-hydrogen) atoms. The fourth-order valence-corrected chi connectivity index (χ4v) is 2.90. The van der Waals surface area contributed by atoms with Gasteiger partial charge in [0, 0.05) is 19.8 Å². The number of rotatable bonds is 5. The van der Waals surface area contributed by atoms with E-state index < -0.39 is 6.10 Å². The summed E-state index contributed by atoms with van der Waals surface area (Å²) in [6.07, 6.45) is 0.906. The van der Waals surface area contributed by atoms with E-state index in [1.165, 1.54) is 9.25 Å². The predicted molar refractivity (Wildman–Crippen MR) is 100 cm³/mol. The van der Waals surface area contributed by atoms with Gasteiger partial charge in [0.05, 0.1) is 6.54 Å². The Morgan fingerprint density at radius 2 is 2.00 bits per heavy atom. The molecular formula is C19H19N5O4. The molecule has 0 radical (unpaired) electrons. The monoisotopic (exact) mass is 381 g/mol. The molecule has 1 N–H and O–H groups in total. The molecule has 1 atom stereocenters. The van der Waals surface area contributed by atoms with Crippen molar-refractivity contribution < 1.29 is 14.3 Å². The maximum absolute atomic E-state index is 12.4. The lowest BCUT2D eigenvalue weighted by Gasteiger charge is -2.25. The van der Waals surface area contributed by atoms with E-state index in [2.05, 4.69) is 15.4 Å². The van der Waals surface area contributed by atoms with E-state index in [1.54, 1.807) is 37.5 Å². The number of amides is 1. The largest absolute Gasteiger partial charge is 0.485 e. The van der Waals surface area contributed by atoms with Gasteiger partial charge in [-0.05, 0) is 24.3 Å². The summed E-state index contributed by atoms with van der Waals surface area (Å²) in [5.41, 5.74) is 0.331. The van der Waals surface area contributed by atoms with Crippen molar-refractivity contribution in [2.75, 3.05) is 13.2 Å². The Labute approximate surface area is 160 Å². The van der Waals surface area contributed by atoms with Crippen LogP contribution in [0.15, 0.2) is 53.5 Å². The lowest BCUT2D eigenvalue weighted by Crippen LogP contribution is -2.45. The average Bonchev–Trinajstić information content (AvgIpc) is 3.02. The number of aromatic nitrogens is 4. The second kappa shape index (κ2) is 7.55. The molecule has 0 spiro atoms. The van der Waals surface area contributed by atoms with Crippen LogP contribution in [-0.4, -0.2) is 44.5 Å². The van der Waals surface area contributed by atoms with Crippen molar-refractivity contribution in [2.24, 2.45) is 7.05 Å². The topological polar surface area (TPSA) is 100 Å².